The molecule has 0 aliphatic heterocycles. The topological polar surface area (TPSA) is 29.3 Å². The highest BCUT2D eigenvalue weighted by Gasteiger charge is 2.10. The summed E-state index contributed by atoms with van der Waals surface area (Å²) in [5.41, 5.74) is 5.95. The summed E-state index contributed by atoms with van der Waals surface area (Å²) >= 11 is 0. The lowest BCUT2D eigenvalue weighted by atomic mass is 10.1. The van der Waals surface area contributed by atoms with Gasteiger partial charge in [0.2, 0.25) is 0 Å². The van der Waals surface area contributed by atoms with Crippen LogP contribution in [0.3, 0.4) is 0 Å². The third-order valence-electron chi connectivity index (χ3n) is 3.09. The van der Waals surface area contributed by atoms with Gasteiger partial charge in [0.05, 0.1) is 0 Å². The van der Waals surface area contributed by atoms with E-state index in [0.29, 0.717) is 12.1 Å². The first-order valence-corrected chi connectivity index (χ1v) is 6.61. The van der Waals surface area contributed by atoms with E-state index in [1.165, 1.54) is 25.8 Å². The van der Waals surface area contributed by atoms with Gasteiger partial charge < -0.3 is 10.6 Å². The molecule has 0 aliphatic rings. The Bertz CT molecular complexity index is 134. The van der Waals surface area contributed by atoms with Crippen LogP contribution in [0.15, 0.2) is 0 Å². The molecule has 0 aliphatic carbocycles. The summed E-state index contributed by atoms with van der Waals surface area (Å²) in [4.78, 5) is 2.56. The van der Waals surface area contributed by atoms with Crippen LogP contribution in [-0.2, 0) is 0 Å². The van der Waals surface area contributed by atoms with Crippen LogP contribution in [0, 0.1) is 0 Å². The molecule has 2 nitrogen and oxygen atoms in total. The summed E-state index contributed by atoms with van der Waals surface area (Å²) in [7, 11) is 0. The fourth-order valence-electron chi connectivity index (χ4n) is 1.73. The molecule has 0 aromatic heterocycles. The van der Waals surface area contributed by atoms with Gasteiger partial charge in [-0.2, -0.15) is 0 Å². The molecule has 2 heteroatoms. The van der Waals surface area contributed by atoms with Crippen molar-refractivity contribution in [2.45, 2.75) is 71.9 Å². The molecule has 2 N–H and O–H groups in total. The molecule has 0 saturated carbocycles. The molecule has 1 unspecified atom stereocenters. The van der Waals surface area contributed by atoms with Crippen molar-refractivity contribution in [2.24, 2.45) is 5.73 Å². The van der Waals surface area contributed by atoms with Gasteiger partial charge in [0.15, 0.2) is 0 Å². The highest BCUT2D eigenvalue weighted by atomic mass is 15.1. The van der Waals surface area contributed by atoms with Gasteiger partial charge in [0.25, 0.3) is 0 Å². The van der Waals surface area contributed by atoms with Crippen molar-refractivity contribution in [3.63, 3.8) is 0 Å². The zero-order valence-corrected chi connectivity index (χ0v) is 11.1. The highest BCUT2D eigenvalue weighted by Crippen LogP contribution is 2.06. The Kier molecular flexibility index (Phi) is 9.12. The van der Waals surface area contributed by atoms with Crippen molar-refractivity contribution in [3.8, 4) is 0 Å². The van der Waals surface area contributed by atoms with Gasteiger partial charge in [-0.05, 0) is 46.2 Å². The normalized spacial score (nSPS) is 13.8. The van der Waals surface area contributed by atoms with Gasteiger partial charge in [-0.1, -0.05) is 26.7 Å². The molecule has 0 radical (unpaired) electrons. The highest BCUT2D eigenvalue weighted by molar-refractivity contribution is 4.67. The fourth-order valence-corrected chi connectivity index (χ4v) is 1.73. The number of hydrogen-bond donors (Lipinski definition) is 1. The van der Waals surface area contributed by atoms with E-state index in [2.05, 4.69) is 32.6 Å². The monoisotopic (exact) mass is 214 g/mol. The summed E-state index contributed by atoms with van der Waals surface area (Å²) in [6.07, 6.45) is 6.22. The third-order valence-corrected chi connectivity index (χ3v) is 3.09. The van der Waals surface area contributed by atoms with Crippen molar-refractivity contribution in [1.82, 2.24) is 4.90 Å². The first-order valence-electron chi connectivity index (χ1n) is 6.61. The Morgan fingerprint density at radius 2 is 1.73 bits per heavy atom. The van der Waals surface area contributed by atoms with Gasteiger partial charge >= 0.3 is 0 Å². The molecule has 0 saturated heterocycles. The van der Waals surface area contributed by atoms with Crippen LogP contribution in [0.4, 0.5) is 0 Å². The Labute approximate surface area is 96.2 Å². The lowest BCUT2D eigenvalue weighted by Gasteiger charge is -2.27. The van der Waals surface area contributed by atoms with Crippen LogP contribution in [0.2, 0.25) is 0 Å². The number of nitrogens with zero attached hydrogens (tertiary/aromatic N) is 1. The Hall–Kier alpha value is -0.0800. The van der Waals surface area contributed by atoms with Crippen LogP contribution < -0.4 is 5.73 Å². The lowest BCUT2D eigenvalue weighted by Crippen LogP contribution is -2.35. The summed E-state index contributed by atoms with van der Waals surface area (Å²) < 4.78 is 0. The van der Waals surface area contributed by atoms with Crippen molar-refractivity contribution in [3.05, 3.63) is 0 Å². The summed E-state index contributed by atoms with van der Waals surface area (Å²) in [5.74, 6) is 0. The molecule has 0 amide bonds. The quantitative estimate of drug-likeness (QED) is 0.598. The standard InChI is InChI=1S/C13H30N2/c1-5-7-8-10-15(12(3)4)11-9-13(14)6-2/h12-13H,5-11,14H2,1-4H3. The van der Waals surface area contributed by atoms with E-state index in [1.54, 1.807) is 0 Å². The van der Waals surface area contributed by atoms with E-state index in [0.717, 1.165) is 19.4 Å². The van der Waals surface area contributed by atoms with Crippen LogP contribution in [0.5, 0.6) is 0 Å². The molecule has 0 aromatic rings. The van der Waals surface area contributed by atoms with Crippen molar-refractivity contribution >= 4 is 0 Å². The van der Waals surface area contributed by atoms with Gasteiger partial charge in [-0.15, -0.1) is 0 Å². The van der Waals surface area contributed by atoms with Gasteiger partial charge in [0.1, 0.15) is 0 Å². The van der Waals surface area contributed by atoms with E-state index in [-0.39, 0.29) is 0 Å². The maximum atomic E-state index is 5.95. The largest absolute Gasteiger partial charge is 0.328 e. The maximum absolute atomic E-state index is 5.95. The molecule has 92 valence electrons. The molecular weight excluding hydrogens is 184 g/mol. The fraction of sp³-hybridized carbons (Fsp3) is 1.00. The number of hydrogen-bond acceptors (Lipinski definition) is 2. The molecular formula is C13H30N2. The average Bonchev–Trinajstić information content (AvgIpc) is 2.22. The smallest absolute Gasteiger partial charge is 0.00483 e. The second kappa shape index (κ2) is 9.17. The predicted octanol–water partition coefficient (Wildman–Crippen LogP) is 3.01. The first-order chi connectivity index (χ1) is 7.11. The van der Waals surface area contributed by atoms with Crippen LogP contribution in [0.1, 0.15) is 59.8 Å². The zero-order chi connectivity index (χ0) is 11.7. The molecule has 1 atom stereocenters. The van der Waals surface area contributed by atoms with E-state index >= 15 is 0 Å². The minimum atomic E-state index is 0.387. The molecule has 0 spiro atoms. The minimum absolute atomic E-state index is 0.387. The Morgan fingerprint density at radius 1 is 1.07 bits per heavy atom. The van der Waals surface area contributed by atoms with Crippen LogP contribution in [-0.4, -0.2) is 30.1 Å². The van der Waals surface area contributed by atoms with Gasteiger partial charge in [-0.3, -0.25) is 0 Å². The lowest BCUT2D eigenvalue weighted by molar-refractivity contribution is 0.209. The molecule has 0 aromatic carbocycles. The van der Waals surface area contributed by atoms with Crippen molar-refractivity contribution < 1.29 is 0 Å². The molecule has 15 heavy (non-hydrogen) atoms. The van der Waals surface area contributed by atoms with E-state index < -0.39 is 0 Å². The maximum Gasteiger partial charge on any atom is 0.00483 e. The van der Waals surface area contributed by atoms with Crippen molar-refractivity contribution in [1.29, 1.82) is 0 Å². The van der Waals surface area contributed by atoms with Crippen molar-refractivity contribution in [2.75, 3.05) is 13.1 Å². The van der Waals surface area contributed by atoms with Gasteiger partial charge in [0, 0.05) is 12.1 Å². The second-order valence-electron chi connectivity index (χ2n) is 4.79. The third kappa shape index (κ3) is 7.80. The Morgan fingerprint density at radius 3 is 2.20 bits per heavy atom. The van der Waals surface area contributed by atoms with Crippen LogP contribution >= 0.6 is 0 Å². The zero-order valence-electron chi connectivity index (χ0n) is 11.1. The number of unbranched alkanes of at least 4 members (excludes halogenated alkanes) is 2. The summed E-state index contributed by atoms with van der Waals surface area (Å²) in [5, 5.41) is 0. The summed E-state index contributed by atoms with van der Waals surface area (Å²) in [6.45, 7) is 11.4. The molecule has 0 fully saturated rings. The van der Waals surface area contributed by atoms with E-state index in [1.807, 2.05) is 0 Å². The molecule has 0 rings (SSSR count). The number of nitrogens with two attached hydrogens (primary N) is 1. The van der Waals surface area contributed by atoms with E-state index in [4.69, 9.17) is 5.73 Å². The summed E-state index contributed by atoms with van der Waals surface area (Å²) in [6, 6.07) is 1.04. The van der Waals surface area contributed by atoms with E-state index in [9.17, 15) is 0 Å². The minimum Gasteiger partial charge on any atom is -0.328 e. The SMILES string of the molecule is CCCCCN(CCC(N)CC)C(C)C. The number of rotatable bonds is 9. The first kappa shape index (κ1) is 14.9. The molecule has 0 bridgehead atoms. The predicted molar refractivity (Wildman–Crippen MR) is 69.1 cm³/mol. The molecule has 0 heterocycles. The second-order valence-corrected chi connectivity index (χ2v) is 4.79. The van der Waals surface area contributed by atoms with Gasteiger partial charge in [-0.25, -0.2) is 0 Å². The Balaban J connectivity index is 3.73. The van der Waals surface area contributed by atoms with Crippen LogP contribution in [0.25, 0.3) is 0 Å². The average molecular weight is 214 g/mol.